The van der Waals surface area contributed by atoms with Crippen molar-refractivity contribution in [2.75, 3.05) is 19.0 Å². The molecule has 0 saturated carbocycles. The Balaban J connectivity index is 1.36. The number of benzene rings is 3. The van der Waals surface area contributed by atoms with Crippen LogP contribution in [0.2, 0.25) is 0 Å². The number of fused-ring (bicyclic) bond motifs is 1. The van der Waals surface area contributed by atoms with Gasteiger partial charge in [0, 0.05) is 54.3 Å². The highest BCUT2D eigenvalue weighted by Crippen LogP contribution is 2.27. The first kappa shape index (κ1) is 24.1. The summed E-state index contributed by atoms with van der Waals surface area (Å²) in [7, 11) is 3.78. The van der Waals surface area contributed by atoms with Crippen LogP contribution in [0.3, 0.4) is 0 Å². The molecular formula is C29H27FN6O. The summed E-state index contributed by atoms with van der Waals surface area (Å²) in [6.45, 7) is 2.23. The summed E-state index contributed by atoms with van der Waals surface area (Å²) in [6, 6.07) is 19.6. The lowest BCUT2D eigenvalue weighted by atomic mass is 10.0. The highest BCUT2D eigenvalue weighted by atomic mass is 19.1. The number of aromatic nitrogens is 4. The number of amides is 1. The first-order valence-electron chi connectivity index (χ1n) is 12.0. The minimum atomic E-state index is -0.394. The molecule has 1 unspecified atom stereocenters. The van der Waals surface area contributed by atoms with Crippen LogP contribution in [0.5, 0.6) is 0 Å². The third-order valence-electron chi connectivity index (χ3n) is 6.35. The van der Waals surface area contributed by atoms with Crippen LogP contribution in [0, 0.1) is 5.82 Å². The Kier molecular flexibility index (Phi) is 6.64. The van der Waals surface area contributed by atoms with Gasteiger partial charge in [-0.05, 0) is 54.3 Å². The standard InChI is InChI=1S/C29H27FN6O/c1-19(26-15-24(30)10-11-28(26)35(2)3)32-29(37)25-7-5-4-6-23(25)17-36-18-27(33-34-36)21-8-9-22-16-31-13-12-20(22)14-21/h4-16,18-19H,17H2,1-3H3,(H,32,37). The zero-order valence-electron chi connectivity index (χ0n) is 20.9. The molecule has 2 heterocycles. The summed E-state index contributed by atoms with van der Waals surface area (Å²) in [5, 5.41) is 13.8. The second kappa shape index (κ2) is 10.2. The summed E-state index contributed by atoms with van der Waals surface area (Å²) in [5.41, 5.74) is 4.60. The van der Waals surface area contributed by atoms with Gasteiger partial charge >= 0.3 is 0 Å². The van der Waals surface area contributed by atoms with Gasteiger partial charge in [0.2, 0.25) is 0 Å². The van der Waals surface area contributed by atoms with Gasteiger partial charge in [0.25, 0.3) is 5.91 Å². The molecule has 1 atom stereocenters. The molecule has 1 N–H and O–H groups in total. The van der Waals surface area contributed by atoms with E-state index in [1.165, 1.54) is 12.1 Å². The lowest BCUT2D eigenvalue weighted by Crippen LogP contribution is -2.29. The van der Waals surface area contributed by atoms with Crippen molar-refractivity contribution in [3.05, 3.63) is 108 Å². The Labute approximate surface area is 214 Å². The van der Waals surface area contributed by atoms with Crippen LogP contribution in [0.15, 0.2) is 85.3 Å². The van der Waals surface area contributed by atoms with Crippen molar-refractivity contribution in [2.24, 2.45) is 0 Å². The average molecular weight is 495 g/mol. The predicted molar refractivity (Wildman–Crippen MR) is 143 cm³/mol. The lowest BCUT2D eigenvalue weighted by molar-refractivity contribution is 0.0938. The molecule has 3 aromatic carbocycles. The van der Waals surface area contributed by atoms with Crippen molar-refractivity contribution < 1.29 is 9.18 Å². The van der Waals surface area contributed by atoms with Crippen LogP contribution >= 0.6 is 0 Å². The Hall–Kier alpha value is -4.59. The molecule has 0 fully saturated rings. The van der Waals surface area contributed by atoms with Crippen LogP contribution in [0.1, 0.15) is 34.5 Å². The largest absolute Gasteiger partial charge is 0.377 e. The minimum absolute atomic E-state index is 0.236. The second-order valence-electron chi connectivity index (χ2n) is 9.19. The number of hydrogen-bond acceptors (Lipinski definition) is 5. The zero-order chi connectivity index (χ0) is 25.9. The van der Waals surface area contributed by atoms with Crippen LogP contribution in [0.4, 0.5) is 10.1 Å². The van der Waals surface area contributed by atoms with Gasteiger partial charge in [-0.15, -0.1) is 5.10 Å². The van der Waals surface area contributed by atoms with Crippen LogP contribution in [0.25, 0.3) is 22.0 Å². The number of pyridine rings is 1. The fraction of sp³-hybridized carbons (Fsp3) is 0.172. The Morgan fingerprint density at radius 1 is 1.05 bits per heavy atom. The SMILES string of the molecule is CC(NC(=O)c1ccccc1Cn1cc(-c2ccc3cnccc3c2)nn1)c1cc(F)ccc1N(C)C. The Bertz CT molecular complexity index is 1580. The van der Waals surface area contributed by atoms with Crippen molar-refractivity contribution in [2.45, 2.75) is 19.5 Å². The van der Waals surface area contributed by atoms with Crippen LogP contribution in [-0.2, 0) is 6.54 Å². The van der Waals surface area contributed by atoms with E-state index < -0.39 is 6.04 Å². The highest BCUT2D eigenvalue weighted by Gasteiger charge is 2.19. The number of anilines is 1. The minimum Gasteiger partial charge on any atom is -0.377 e. The highest BCUT2D eigenvalue weighted by molar-refractivity contribution is 5.96. The van der Waals surface area contributed by atoms with Gasteiger partial charge < -0.3 is 10.2 Å². The smallest absolute Gasteiger partial charge is 0.252 e. The molecule has 0 spiro atoms. The third-order valence-corrected chi connectivity index (χ3v) is 6.35. The van der Waals surface area contributed by atoms with E-state index in [4.69, 9.17) is 0 Å². The molecule has 0 aliphatic carbocycles. The maximum Gasteiger partial charge on any atom is 0.252 e. The van der Waals surface area contributed by atoms with Crippen molar-refractivity contribution in [3.8, 4) is 11.3 Å². The molecule has 0 aliphatic heterocycles. The predicted octanol–water partition coefficient (Wildman–Crippen LogP) is 5.24. The molecule has 5 aromatic rings. The van der Waals surface area contributed by atoms with E-state index in [1.807, 2.05) is 74.7 Å². The molecular weight excluding hydrogens is 467 g/mol. The van der Waals surface area contributed by atoms with E-state index in [-0.39, 0.29) is 11.7 Å². The maximum atomic E-state index is 14.0. The molecule has 1 amide bonds. The second-order valence-corrected chi connectivity index (χ2v) is 9.19. The molecule has 0 radical (unpaired) electrons. The van der Waals surface area contributed by atoms with Gasteiger partial charge in [0.05, 0.1) is 18.8 Å². The number of hydrogen-bond donors (Lipinski definition) is 1. The summed E-state index contributed by atoms with van der Waals surface area (Å²) in [4.78, 5) is 19.3. The molecule has 7 nitrogen and oxygen atoms in total. The number of halogens is 1. The number of nitrogens with one attached hydrogen (secondary N) is 1. The van der Waals surface area contributed by atoms with E-state index >= 15 is 0 Å². The third kappa shape index (κ3) is 5.18. The Morgan fingerprint density at radius 3 is 2.73 bits per heavy atom. The maximum absolute atomic E-state index is 14.0. The quantitative estimate of drug-likeness (QED) is 0.335. The normalized spacial score (nSPS) is 11.9. The van der Waals surface area contributed by atoms with Crippen molar-refractivity contribution in [1.82, 2.24) is 25.3 Å². The molecule has 37 heavy (non-hydrogen) atoms. The summed E-state index contributed by atoms with van der Waals surface area (Å²) >= 11 is 0. The fourth-order valence-electron chi connectivity index (χ4n) is 4.44. The van der Waals surface area contributed by atoms with Gasteiger partial charge in [0.15, 0.2) is 0 Å². The van der Waals surface area contributed by atoms with Gasteiger partial charge in [-0.1, -0.05) is 35.5 Å². The molecule has 2 aromatic heterocycles. The monoisotopic (exact) mass is 494 g/mol. The molecule has 5 rings (SSSR count). The van der Waals surface area contributed by atoms with Crippen molar-refractivity contribution in [1.29, 1.82) is 0 Å². The van der Waals surface area contributed by atoms with E-state index in [1.54, 1.807) is 23.0 Å². The molecule has 0 bridgehead atoms. The van der Waals surface area contributed by atoms with Gasteiger partial charge in [0.1, 0.15) is 11.5 Å². The summed E-state index contributed by atoms with van der Waals surface area (Å²) in [5.74, 6) is -0.576. The molecule has 0 saturated heterocycles. The van der Waals surface area contributed by atoms with E-state index in [9.17, 15) is 9.18 Å². The fourth-order valence-corrected chi connectivity index (χ4v) is 4.44. The molecule has 186 valence electrons. The van der Waals surface area contributed by atoms with Gasteiger partial charge in [-0.2, -0.15) is 0 Å². The number of carbonyl (C=O) groups is 1. The Morgan fingerprint density at radius 2 is 1.89 bits per heavy atom. The first-order chi connectivity index (χ1) is 17.9. The topological polar surface area (TPSA) is 75.9 Å². The van der Waals surface area contributed by atoms with Gasteiger partial charge in [-0.3, -0.25) is 9.78 Å². The van der Waals surface area contributed by atoms with E-state index in [2.05, 4.69) is 26.7 Å². The van der Waals surface area contributed by atoms with E-state index in [0.717, 1.165) is 33.3 Å². The molecule has 8 heteroatoms. The first-order valence-corrected chi connectivity index (χ1v) is 12.0. The van der Waals surface area contributed by atoms with Crippen molar-refractivity contribution >= 4 is 22.4 Å². The van der Waals surface area contributed by atoms with Crippen LogP contribution in [-0.4, -0.2) is 40.0 Å². The van der Waals surface area contributed by atoms with Crippen LogP contribution < -0.4 is 10.2 Å². The van der Waals surface area contributed by atoms with E-state index in [0.29, 0.717) is 17.7 Å². The molecule has 0 aliphatic rings. The summed E-state index contributed by atoms with van der Waals surface area (Å²) < 4.78 is 15.7. The zero-order valence-corrected chi connectivity index (χ0v) is 20.9. The van der Waals surface area contributed by atoms with Crippen molar-refractivity contribution in [3.63, 3.8) is 0 Å². The number of carbonyl (C=O) groups excluding carboxylic acids is 1. The van der Waals surface area contributed by atoms with Gasteiger partial charge in [-0.25, -0.2) is 9.07 Å². The average Bonchev–Trinajstić information content (AvgIpc) is 3.37. The number of rotatable bonds is 7. The number of nitrogens with zero attached hydrogens (tertiary/aromatic N) is 5. The lowest BCUT2D eigenvalue weighted by Gasteiger charge is -2.23. The summed E-state index contributed by atoms with van der Waals surface area (Å²) in [6.07, 6.45) is 5.46.